The Hall–Kier alpha value is -2.04. The van der Waals surface area contributed by atoms with E-state index in [0.29, 0.717) is 23.6 Å². The highest BCUT2D eigenvalue weighted by Crippen LogP contribution is 2.70. The van der Waals surface area contributed by atoms with E-state index in [1.165, 1.54) is 0 Å². The zero-order valence-corrected chi connectivity index (χ0v) is 15.0. The van der Waals surface area contributed by atoms with Crippen molar-refractivity contribution in [3.05, 3.63) is 18.2 Å². The van der Waals surface area contributed by atoms with Crippen LogP contribution in [0.4, 0.5) is 5.69 Å². The molecule has 24 heavy (non-hydrogen) atoms. The third-order valence-electron chi connectivity index (χ3n) is 6.79. The van der Waals surface area contributed by atoms with Gasteiger partial charge in [0, 0.05) is 17.9 Å². The van der Waals surface area contributed by atoms with Crippen molar-refractivity contribution in [2.75, 3.05) is 19.5 Å². The van der Waals surface area contributed by atoms with Crippen LogP contribution in [0.5, 0.6) is 11.5 Å². The highest BCUT2D eigenvalue weighted by Gasteiger charge is 2.72. The van der Waals surface area contributed by atoms with Crippen molar-refractivity contribution in [3.8, 4) is 11.5 Å². The van der Waals surface area contributed by atoms with Crippen molar-refractivity contribution in [1.82, 2.24) is 0 Å². The Morgan fingerprint density at radius 1 is 1.12 bits per heavy atom. The highest BCUT2D eigenvalue weighted by atomic mass is 16.5. The molecule has 2 aliphatic rings. The van der Waals surface area contributed by atoms with Gasteiger partial charge in [-0.1, -0.05) is 20.8 Å². The third-order valence-corrected chi connectivity index (χ3v) is 6.79. The summed E-state index contributed by atoms with van der Waals surface area (Å²) in [4.78, 5) is 25.7. The summed E-state index contributed by atoms with van der Waals surface area (Å²) in [5, 5.41) is 2.99. The number of Topliss-reactive ketones (excluding diaryl/α,β-unsaturated/α-hetero) is 1. The van der Waals surface area contributed by atoms with Crippen molar-refractivity contribution in [1.29, 1.82) is 0 Å². The number of carbonyl (C=O) groups excluding carboxylic acids is 2. The minimum Gasteiger partial charge on any atom is -0.497 e. The Labute approximate surface area is 142 Å². The fourth-order valence-electron chi connectivity index (χ4n) is 4.51. The predicted octanol–water partition coefficient (Wildman–Crippen LogP) is 3.43. The van der Waals surface area contributed by atoms with Crippen molar-refractivity contribution >= 4 is 17.4 Å². The first kappa shape index (κ1) is 16.8. The van der Waals surface area contributed by atoms with E-state index >= 15 is 0 Å². The van der Waals surface area contributed by atoms with E-state index in [2.05, 4.69) is 5.32 Å². The smallest absolute Gasteiger partial charge is 0.231 e. The SMILES string of the molecule is COc1ccc(OC)c(NC(=O)[C@@]23CC[C@@](C)(C(=O)C2)C3(C)C)c1. The van der Waals surface area contributed by atoms with Crippen molar-refractivity contribution in [3.63, 3.8) is 0 Å². The lowest BCUT2D eigenvalue weighted by atomic mass is 9.64. The molecule has 5 nitrogen and oxygen atoms in total. The molecule has 0 spiro atoms. The van der Waals surface area contributed by atoms with E-state index < -0.39 is 10.8 Å². The van der Waals surface area contributed by atoms with Crippen molar-refractivity contribution in [2.45, 2.75) is 40.0 Å². The minimum absolute atomic E-state index is 0.103. The van der Waals surface area contributed by atoms with Gasteiger partial charge in [-0.05, 0) is 30.4 Å². The Morgan fingerprint density at radius 3 is 2.33 bits per heavy atom. The lowest BCUT2D eigenvalue weighted by Gasteiger charge is -2.38. The molecular formula is C19H25NO4. The molecule has 0 unspecified atom stereocenters. The van der Waals surface area contributed by atoms with Crippen LogP contribution in [0, 0.1) is 16.2 Å². The summed E-state index contributed by atoms with van der Waals surface area (Å²) in [5.41, 5.74) is -0.872. The molecule has 2 aliphatic carbocycles. The second-order valence-electron chi connectivity index (χ2n) is 7.66. The van der Waals surface area contributed by atoms with Crippen LogP contribution in [0.2, 0.25) is 0 Å². The second-order valence-corrected chi connectivity index (χ2v) is 7.66. The van der Waals surface area contributed by atoms with E-state index in [9.17, 15) is 9.59 Å². The summed E-state index contributed by atoms with van der Waals surface area (Å²) >= 11 is 0. The predicted molar refractivity (Wildman–Crippen MR) is 91.4 cm³/mol. The van der Waals surface area contributed by atoms with Gasteiger partial charge in [0.1, 0.15) is 17.3 Å². The standard InChI is InChI=1S/C19H25NO4/c1-17(2)18(3)8-9-19(17,11-15(18)21)16(22)20-13-10-12(23-4)6-7-14(13)24-5/h6-7,10H,8-9,11H2,1-5H3,(H,20,22)/t18-,19+/m0/s1. The summed E-state index contributed by atoms with van der Waals surface area (Å²) in [6, 6.07) is 5.28. The quantitative estimate of drug-likeness (QED) is 0.918. The molecule has 2 bridgehead atoms. The third kappa shape index (κ3) is 1.93. The van der Waals surface area contributed by atoms with Crippen LogP contribution >= 0.6 is 0 Å². The van der Waals surface area contributed by atoms with Crippen LogP contribution in [0.3, 0.4) is 0 Å². The molecular weight excluding hydrogens is 306 g/mol. The Bertz CT molecular complexity index is 711. The fraction of sp³-hybridized carbons (Fsp3) is 0.579. The van der Waals surface area contributed by atoms with E-state index in [4.69, 9.17) is 9.47 Å². The van der Waals surface area contributed by atoms with Crippen LogP contribution in [0.25, 0.3) is 0 Å². The molecule has 2 fully saturated rings. The summed E-state index contributed by atoms with van der Waals surface area (Å²) in [7, 11) is 3.14. The number of ether oxygens (including phenoxy) is 2. The molecule has 130 valence electrons. The van der Waals surface area contributed by atoms with Gasteiger partial charge in [0.05, 0.1) is 25.3 Å². The molecule has 1 amide bonds. The molecule has 3 rings (SSSR count). The molecule has 0 aromatic heterocycles. The monoisotopic (exact) mass is 331 g/mol. The van der Waals surface area contributed by atoms with E-state index in [0.717, 1.165) is 12.8 Å². The normalized spacial score (nSPS) is 30.3. The minimum atomic E-state index is -0.660. The first-order chi connectivity index (χ1) is 11.2. The van der Waals surface area contributed by atoms with Gasteiger partial charge in [-0.25, -0.2) is 0 Å². The van der Waals surface area contributed by atoms with Crippen LogP contribution in [0.1, 0.15) is 40.0 Å². The van der Waals surface area contributed by atoms with Gasteiger partial charge in [-0.15, -0.1) is 0 Å². The van der Waals surface area contributed by atoms with Gasteiger partial charge < -0.3 is 14.8 Å². The maximum atomic E-state index is 13.2. The number of methoxy groups -OCH3 is 2. The number of hydrogen-bond acceptors (Lipinski definition) is 4. The lowest BCUT2D eigenvalue weighted by Crippen LogP contribution is -2.43. The number of rotatable bonds is 4. The topological polar surface area (TPSA) is 64.6 Å². The average Bonchev–Trinajstić information content (AvgIpc) is 2.85. The maximum absolute atomic E-state index is 13.2. The number of hydrogen-bond donors (Lipinski definition) is 1. The summed E-state index contributed by atoms with van der Waals surface area (Å²) in [6.07, 6.45) is 1.82. The molecule has 5 heteroatoms. The van der Waals surface area contributed by atoms with Crippen LogP contribution in [-0.4, -0.2) is 25.9 Å². The molecule has 2 saturated carbocycles. The van der Waals surface area contributed by atoms with Crippen LogP contribution < -0.4 is 14.8 Å². The molecule has 0 radical (unpaired) electrons. The Kier molecular flexibility index (Phi) is 3.66. The Morgan fingerprint density at radius 2 is 1.83 bits per heavy atom. The zero-order chi connectivity index (χ0) is 17.8. The number of ketones is 1. The number of anilines is 1. The molecule has 2 atom stereocenters. The number of benzene rings is 1. The maximum Gasteiger partial charge on any atom is 0.231 e. The summed E-state index contributed by atoms with van der Waals surface area (Å²) in [6.45, 7) is 6.10. The Balaban J connectivity index is 1.95. The average molecular weight is 331 g/mol. The van der Waals surface area contributed by atoms with Gasteiger partial charge in [0.2, 0.25) is 5.91 Å². The fourth-order valence-corrected chi connectivity index (χ4v) is 4.51. The number of carbonyl (C=O) groups is 2. The number of fused-ring (bicyclic) bond motifs is 2. The van der Waals surface area contributed by atoms with Gasteiger partial charge in [0.15, 0.2) is 0 Å². The second kappa shape index (κ2) is 5.23. The number of amides is 1. The van der Waals surface area contributed by atoms with Crippen molar-refractivity contribution in [2.24, 2.45) is 16.2 Å². The number of nitrogens with one attached hydrogen (secondary N) is 1. The van der Waals surface area contributed by atoms with Gasteiger partial charge in [0.25, 0.3) is 0 Å². The molecule has 1 aromatic carbocycles. The van der Waals surface area contributed by atoms with Crippen LogP contribution in [0.15, 0.2) is 18.2 Å². The van der Waals surface area contributed by atoms with E-state index in [-0.39, 0.29) is 17.1 Å². The first-order valence-electron chi connectivity index (χ1n) is 8.29. The van der Waals surface area contributed by atoms with E-state index in [1.807, 2.05) is 20.8 Å². The summed E-state index contributed by atoms with van der Waals surface area (Å²) < 4.78 is 10.6. The zero-order valence-electron chi connectivity index (χ0n) is 15.0. The molecule has 0 heterocycles. The summed E-state index contributed by atoms with van der Waals surface area (Å²) in [5.74, 6) is 1.31. The molecule has 1 N–H and O–H groups in total. The van der Waals surface area contributed by atoms with Gasteiger partial charge in [-0.2, -0.15) is 0 Å². The van der Waals surface area contributed by atoms with Crippen molar-refractivity contribution < 1.29 is 19.1 Å². The largest absolute Gasteiger partial charge is 0.497 e. The molecule has 0 aliphatic heterocycles. The molecule has 0 saturated heterocycles. The highest BCUT2D eigenvalue weighted by molar-refractivity contribution is 6.05. The first-order valence-corrected chi connectivity index (χ1v) is 8.29. The lowest BCUT2D eigenvalue weighted by molar-refractivity contribution is -0.131. The van der Waals surface area contributed by atoms with Gasteiger partial charge in [-0.3, -0.25) is 9.59 Å². The molecule has 1 aromatic rings. The van der Waals surface area contributed by atoms with Crippen LogP contribution in [-0.2, 0) is 9.59 Å². The van der Waals surface area contributed by atoms with Gasteiger partial charge >= 0.3 is 0 Å². The van der Waals surface area contributed by atoms with E-state index in [1.54, 1.807) is 32.4 Å².